The molecule has 0 aromatic carbocycles. The first-order chi connectivity index (χ1) is 8.78. The number of likely N-dealkylation sites (N-methyl/N-ethyl adjacent to an activating group) is 1. The molecule has 0 saturated carbocycles. The van der Waals surface area contributed by atoms with Gasteiger partial charge >= 0.3 is 0 Å². The van der Waals surface area contributed by atoms with Gasteiger partial charge in [0, 0.05) is 34.8 Å². The van der Waals surface area contributed by atoms with E-state index in [1.54, 1.807) is 0 Å². The first-order valence-electron chi connectivity index (χ1n) is 6.10. The Labute approximate surface area is 111 Å². The lowest BCUT2D eigenvalue weighted by Gasteiger charge is -2.10. The van der Waals surface area contributed by atoms with E-state index in [0.717, 1.165) is 34.4 Å². The number of rotatable bonds is 2. The Morgan fingerprint density at radius 3 is 3.00 bits per heavy atom. The van der Waals surface area contributed by atoms with Crippen molar-refractivity contribution >= 4 is 29.8 Å². The minimum atomic E-state index is 0.730. The van der Waals surface area contributed by atoms with Gasteiger partial charge in [-0.05, 0) is 37.3 Å². The second kappa shape index (κ2) is 4.54. The van der Waals surface area contributed by atoms with Crippen LogP contribution in [0.15, 0.2) is 33.4 Å². The van der Waals surface area contributed by atoms with Crippen molar-refractivity contribution in [2.45, 2.75) is 13.3 Å². The number of hydrogen-bond donors (Lipinski definition) is 1. The second-order valence-electron chi connectivity index (χ2n) is 4.34. The quantitative estimate of drug-likeness (QED) is 0.879. The molecule has 2 aliphatic carbocycles. The predicted octanol–water partition coefficient (Wildman–Crippen LogP) is 2.04. The smallest absolute Gasteiger partial charge is 0.135 e. The zero-order valence-corrected chi connectivity index (χ0v) is 10.9. The van der Waals surface area contributed by atoms with Crippen LogP contribution in [0.4, 0.5) is 0 Å². The maximum atomic E-state index is 6.12. The fourth-order valence-electron chi connectivity index (χ4n) is 2.30. The van der Waals surface area contributed by atoms with Crippen molar-refractivity contribution in [3.05, 3.63) is 50.9 Å². The third-order valence-electron chi connectivity index (χ3n) is 3.10. The third-order valence-corrected chi connectivity index (χ3v) is 3.34. The van der Waals surface area contributed by atoms with Gasteiger partial charge in [0.05, 0.1) is 0 Å². The lowest BCUT2D eigenvalue weighted by atomic mass is 10.0. The van der Waals surface area contributed by atoms with Crippen molar-refractivity contribution in [2.75, 3.05) is 6.54 Å². The number of hydrogen-bond acceptors (Lipinski definition) is 2. The monoisotopic (exact) mass is 259 g/mol. The molecule has 0 aliphatic heterocycles. The molecule has 0 spiro atoms. The second-order valence-corrected chi connectivity index (χ2v) is 4.78. The highest BCUT2D eigenvalue weighted by molar-refractivity contribution is 6.33. The standard InChI is InChI=1S/C15H14ClNO/c1-2-17-11-6-7-15-13(9-11)12-8-10(16)4-3-5-14(12)18-15/h3-8,17H,2,9H2,1H3. The first kappa shape index (κ1) is 11.4. The molecule has 1 heterocycles. The van der Waals surface area contributed by atoms with Gasteiger partial charge in [-0.1, -0.05) is 17.7 Å². The topological polar surface area (TPSA) is 25.2 Å². The fourth-order valence-corrected chi connectivity index (χ4v) is 2.48. The summed E-state index contributed by atoms with van der Waals surface area (Å²) in [4.78, 5) is 0. The Morgan fingerprint density at radius 1 is 1.28 bits per heavy atom. The highest BCUT2D eigenvalue weighted by Gasteiger charge is 2.15. The molecule has 0 fully saturated rings. The molecular formula is C15H14ClNO. The van der Waals surface area contributed by atoms with E-state index in [-0.39, 0.29) is 0 Å². The average molecular weight is 260 g/mol. The third kappa shape index (κ3) is 1.93. The predicted molar refractivity (Wildman–Crippen MR) is 75.3 cm³/mol. The molecule has 92 valence electrons. The average Bonchev–Trinajstić information content (AvgIpc) is 2.57. The van der Waals surface area contributed by atoms with Gasteiger partial charge in [-0.15, -0.1) is 0 Å². The Hall–Kier alpha value is -1.67. The van der Waals surface area contributed by atoms with Crippen LogP contribution in [-0.2, 0) is 6.42 Å². The fraction of sp³-hybridized carbons (Fsp3) is 0.200. The molecule has 1 N–H and O–H groups in total. The van der Waals surface area contributed by atoms with Crippen LogP contribution >= 0.6 is 11.6 Å². The molecule has 1 aromatic rings. The zero-order chi connectivity index (χ0) is 12.5. The van der Waals surface area contributed by atoms with Crippen molar-refractivity contribution in [1.82, 2.24) is 5.32 Å². The molecule has 2 aliphatic rings. The molecule has 0 radical (unpaired) electrons. The summed E-state index contributed by atoms with van der Waals surface area (Å²) in [5, 5.41) is 4.09. The van der Waals surface area contributed by atoms with E-state index in [0.29, 0.717) is 0 Å². The van der Waals surface area contributed by atoms with Crippen LogP contribution in [-0.4, -0.2) is 6.54 Å². The summed E-state index contributed by atoms with van der Waals surface area (Å²) in [6, 6.07) is 0. The summed E-state index contributed by atoms with van der Waals surface area (Å²) < 4.78 is 5.85. The Bertz CT molecular complexity index is 689. The molecule has 0 amide bonds. The van der Waals surface area contributed by atoms with Gasteiger partial charge in [-0.3, -0.25) is 0 Å². The molecule has 2 nitrogen and oxygen atoms in total. The van der Waals surface area contributed by atoms with Crippen LogP contribution in [0.3, 0.4) is 0 Å². The maximum absolute atomic E-state index is 6.12. The highest BCUT2D eigenvalue weighted by Crippen LogP contribution is 2.17. The van der Waals surface area contributed by atoms with Crippen LogP contribution in [0.2, 0.25) is 0 Å². The van der Waals surface area contributed by atoms with Crippen molar-refractivity contribution < 1.29 is 4.42 Å². The Kier molecular flexibility index (Phi) is 2.88. The highest BCUT2D eigenvalue weighted by atomic mass is 35.5. The number of furan rings is 1. The minimum absolute atomic E-state index is 0.730. The van der Waals surface area contributed by atoms with E-state index >= 15 is 0 Å². The number of halogens is 1. The number of fused-ring (bicyclic) bond motifs is 3. The van der Waals surface area contributed by atoms with Gasteiger partial charge < -0.3 is 9.73 Å². The molecule has 0 unspecified atom stereocenters. The van der Waals surface area contributed by atoms with E-state index in [9.17, 15) is 0 Å². The van der Waals surface area contributed by atoms with Crippen molar-refractivity contribution in [1.29, 1.82) is 0 Å². The van der Waals surface area contributed by atoms with Gasteiger partial charge in [-0.2, -0.15) is 0 Å². The molecule has 0 saturated heterocycles. The molecule has 1 aromatic heterocycles. The van der Waals surface area contributed by atoms with E-state index < -0.39 is 0 Å². The van der Waals surface area contributed by atoms with E-state index in [1.807, 2.05) is 30.4 Å². The van der Waals surface area contributed by atoms with Gasteiger partial charge in [-0.25, -0.2) is 0 Å². The Morgan fingerprint density at radius 2 is 2.17 bits per heavy atom. The molecule has 0 atom stereocenters. The lowest BCUT2D eigenvalue weighted by molar-refractivity contribution is 0.498. The molecule has 3 heteroatoms. The minimum Gasteiger partial charge on any atom is -0.456 e. The number of nitrogens with one attached hydrogen (secondary N) is 1. The van der Waals surface area contributed by atoms with Crippen LogP contribution in [0.5, 0.6) is 0 Å². The van der Waals surface area contributed by atoms with Crippen molar-refractivity contribution in [2.24, 2.45) is 0 Å². The first-order valence-corrected chi connectivity index (χ1v) is 6.48. The zero-order valence-electron chi connectivity index (χ0n) is 10.2. The van der Waals surface area contributed by atoms with Gasteiger partial charge in [0.1, 0.15) is 10.8 Å². The maximum Gasteiger partial charge on any atom is 0.135 e. The molecule has 0 bridgehead atoms. The van der Waals surface area contributed by atoms with Crippen molar-refractivity contribution in [3.8, 4) is 0 Å². The summed E-state index contributed by atoms with van der Waals surface area (Å²) in [7, 11) is 0. The van der Waals surface area contributed by atoms with Crippen LogP contribution in [0, 0.1) is 0 Å². The lowest BCUT2D eigenvalue weighted by Crippen LogP contribution is -2.20. The van der Waals surface area contributed by atoms with Crippen LogP contribution < -0.4 is 16.1 Å². The summed E-state index contributed by atoms with van der Waals surface area (Å²) in [6.07, 6.45) is 12.7. The molecular weight excluding hydrogens is 246 g/mol. The summed E-state index contributed by atoms with van der Waals surface area (Å²) >= 11 is 6.12. The van der Waals surface area contributed by atoms with Crippen molar-refractivity contribution in [3.63, 3.8) is 0 Å². The van der Waals surface area contributed by atoms with Crippen LogP contribution in [0.1, 0.15) is 18.1 Å². The summed E-state index contributed by atoms with van der Waals surface area (Å²) in [5.74, 6) is 0. The largest absolute Gasteiger partial charge is 0.456 e. The summed E-state index contributed by atoms with van der Waals surface area (Å²) in [6.45, 7) is 3.03. The summed E-state index contributed by atoms with van der Waals surface area (Å²) in [5.41, 5.74) is 5.35. The van der Waals surface area contributed by atoms with Gasteiger partial charge in [0.15, 0.2) is 0 Å². The van der Waals surface area contributed by atoms with Gasteiger partial charge in [0.25, 0.3) is 0 Å². The number of allylic oxidation sites excluding steroid dienone is 5. The van der Waals surface area contributed by atoms with E-state index in [4.69, 9.17) is 16.0 Å². The van der Waals surface area contributed by atoms with E-state index in [1.165, 1.54) is 11.3 Å². The molecule has 3 rings (SSSR count). The van der Waals surface area contributed by atoms with Gasteiger partial charge in [0.2, 0.25) is 0 Å². The van der Waals surface area contributed by atoms with E-state index in [2.05, 4.69) is 18.3 Å². The normalized spacial score (nSPS) is 16.6. The SMILES string of the molecule is CCNC1=CC=c2oc3c(c2C1)C=C(Cl)C=CC=3. The molecule has 18 heavy (non-hydrogen) atoms. The Balaban J connectivity index is 2.13. The van der Waals surface area contributed by atoms with Crippen LogP contribution in [0.25, 0.3) is 18.2 Å².